The average Bonchev–Trinajstić information content (AvgIpc) is 2.19. The lowest BCUT2D eigenvalue weighted by atomic mass is 10.2. The summed E-state index contributed by atoms with van der Waals surface area (Å²) >= 11 is 1.51. The van der Waals surface area contributed by atoms with Crippen molar-refractivity contribution in [2.24, 2.45) is 0 Å². The molecule has 0 saturated carbocycles. The Morgan fingerprint density at radius 3 is 3.00 bits per heavy atom. The van der Waals surface area contributed by atoms with E-state index in [4.69, 9.17) is 0 Å². The molecule has 0 aliphatic rings. The van der Waals surface area contributed by atoms with E-state index in [0.29, 0.717) is 5.75 Å². The standard InChI is InChI=1S/C10H14N2OS/c1-8(12-10(13)7-14-2)9-5-3-4-6-11-9/h3-6,8H,7H2,1-2H3,(H,12,13). The van der Waals surface area contributed by atoms with Crippen LogP contribution in [0.5, 0.6) is 0 Å². The quantitative estimate of drug-likeness (QED) is 0.821. The zero-order valence-electron chi connectivity index (χ0n) is 8.36. The molecule has 1 heterocycles. The van der Waals surface area contributed by atoms with E-state index >= 15 is 0 Å². The number of amides is 1. The number of rotatable bonds is 4. The maximum atomic E-state index is 11.3. The number of hydrogen-bond donors (Lipinski definition) is 1. The third kappa shape index (κ3) is 3.38. The van der Waals surface area contributed by atoms with Crippen molar-refractivity contribution in [1.82, 2.24) is 10.3 Å². The summed E-state index contributed by atoms with van der Waals surface area (Å²) in [6.07, 6.45) is 3.64. The molecule has 1 aromatic rings. The highest BCUT2D eigenvalue weighted by atomic mass is 32.2. The molecule has 1 aromatic heterocycles. The zero-order valence-corrected chi connectivity index (χ0v) is 9.17. The van der Waals surface area contributed by atoms with Crippen molar-refractivity contribution in [3.05, 3.63) is 30.1 Å². The van der Waals surface area contributed by atoms with E-state index < -0.39 is 0 Å². The van der Waals surface area contributed by atoms with Gasteiger partial charge in [-0.2, -0.15) is 11.8 Å². The van der Waals surface area contributed by atoms with Crippen molar-refractivity contribution in [1.29, 1.82) is 0 Å². The summed E-state index contributed by atoms with van der Waals surface area (Å²) < 4.78 is 0. The summed E-state index contributed by atoms with van der Waals surface area (Å²) in [5, 5.41) is 2.87. The van der Waals surface area contributed by atoms with Crippen LogP contribution in [0.15, 0.2) is 24.4 Å². The highest BCUT2D eigenvalue weighted by Gasteiger charge is 2.08. The Morgan fingerprint density at radius 2 is 2.43 bits per heavy atom. The first kappa shape index (κ1) is 11.0. The van der Waals surface area contributed by atoms with Gasteiger partial charge in [-0.3, -0.25) is 9.78 Å². The Labute approximate surface area is 88.3 Å². The van der Waals surface area contributed by atoms with Gasteiger partial charge in [-0.1, -0.05) is 6.07 Å². The predicted octanol–water partition coefficient (Wildman–Crippen LogP) is 1.62. The van der Waals surface area contributed by atoms with Crippen molar-refractivity contribution < 1.29 is 4.79 Å². The fraction of sp³-hybridized carbons (Fsp3) is 0.400. The van der Waals surface area contributed by atoms with Crippen molar-refractivity contribution in [3.8, 4) is 0 Å². The van der Waals surface area contributed by atoms with Crippen LogP contribution in [-0.2, 0) is 4.79 Å². The number of aromatic nitrogens is 1. The Balaban J connectivity index is 2.50. The molecular formula is C10H14N2OS. The van der Waals surface area contributed by atoms with Crippen LogP contribution >= 0.6 is 11.8 Å². The molecule has 14 heavy (non-hydrogen) atoms. The minimum absolute atomic E-state index is 0.0177. The van der Waals surface area contributed by atoms with Crippen LogP contribution < -0.4 is 5.32 Å². The Hall–Kier alpha value is -1.03. The van der Waals surface area contributed by atoms with Crippen LogP contribution in [0, 0.1) is 0 Å². The number of carbonyl (C=O) groups excluding carboxylic acids is 1. The lowest BCUT2D eigenvalue weighted by Gasteiger charge is -2.12. The molecule has 3 nitrogen and oxygen atoms in total. The highest BCUT2D eigenvalue weighted by Crippen LogP contribution is 2.07. The summed E-state index contributed by atoms with van der Waals surface area (Å²) in [7, 11) is 0. The van der Waals surface area contributed by atoms with Crippen LogP contribution in [0.25, 0.3) is 0 Å². The first-order valence-corrected chi connectivity index (χ1v) is 5.82. The second-order valence-electron chi connectivity index (χ2n) is 2.98. The number of nitrogens with one attached hydrogen (secondary N) is 1. The van der Waals surface area contributed by atoms with Crippen LogP contribution in [0.2, 0.25) is 0 Å². The zero-order chi connectivity index (χ0) is 10.4. The fourth-order valence-corrected chi connectivity index (χ4v) is 1.47. The van der Waals surface area contributed by atoms with E-state index in [0.717, 1.165) is 5.69 Å². The number of pyridine rings is 1. The second kappa shape index (κ2) is 5.65. The lowest BCUT2D eigenvalue weighted by molar-refractivity contribution is -0.119. The Morgan fingerprint density at radius 1 is 1.64 bits per heavy atom. The average molecular weight is 210 g/mol. The van der Waals surface area contributed by atoms with Gasteiger partial charge in [0.1, 0.15) is 0 Å². The normalized spacial score (nSPS) is 12.1. The monoisotopic (exact) mass is 210 g/mol. The Bertz CT molecular complexity index is 289. The topological polar surface area (TPSA) is 42.0 Å². The predicted molar refractivity (Wildman–Crippen MR) is 59.2 cm³/mol. The van der Waals surface area contributed by atoms with Crippen LogP contribution in [0.3, 0.4) is 0 Å². The Kier molecular flexibility index (Phi) is 4.46. The van der Waals surface area contributed by atoms with Gasteiger partial charge in [0.25, 0.3) is 0 Å². The fourth-order valence-electron chi connectivity index (χ4n) is 1.12. The number of hydrogen-bond acceptors (Lipinski definition) is 3. The van der Waals surface area contributed by atoms with Gasteiger partial charge in [-0.15, -0.1) is 0 Å². The summed E-state index contributed by atoms with van der Waals surface area (Å²) in [4.78, 5) is 15.4. The summed E-state index contributed by atoms with van der Waals surface area (Å²) in [5.41, 5.74) is 0.891. The van der Waals surface area contributed by atoms with E-state index in [1.54, 1.807) is 6.20 Å². The molecule has 4 heteroatoms. The molecule has 1 unspecified atom stereocenters. The number of carbonyl (C=O) groups is 1. The van der Waals surface area contributed by atoms with Crippen LogP contribution in [0.1, 0.15) is 18.7 Å². The maximum absolute atomic E-state index is 11.3. The van der Waals surface area contributed by atoms with Gasteiger partial charge >= 0.3 is 0 Å². The van der Waals surface area contributed by atoms with E-state index in [2.05, 4.69) is 10.3 Å². The lowest BCUT2D eigenvalue weighted by Crippen LogP contribution is -2.28. The molecular weight excluding hydrogens is 196 g/mol. The van der Waals surface area contributed by atoms with Crippen molar-refractivity contribution in [3.63, 3.8) is 0 Å². The van der Waals surface area contributed by atoms with E-state index in [9.17, 15) is 4.79 Å². The number of nitrogens with zero attached hydrogens (tertiary/aromatic N) is 1. The van der Waals surface area contributed by atoms with E-state index in [1.165, 1.54) is 11.8 Å². The second-order valence-corrected chi connectivity index (χ2v) is 3.84. The molecule has 76 valence electrons. The van der Waals surface area contributed by atoms with E-state index in [1.807, 2.05) is 31.4 Å². The van der Waals surface area contributed by atoms with Gasteiger partial charge in [-0.05, 0) is 25.3 Å². The molecule has 1 N–H and O–H groups in total. The van der Waals surface area contributed by atoms with Crippen LogP contribution in [-0.4, -0.2) is 22.9 Å². The molecule has 1 atom stereocenters. The minimum Gasteiger partial charge on any atom is -0.347 e. The first-order valence-electron chi connectivity index (χ1n) is 4.43. The third-order valence-electron chi connectivity index (χ3n) is 1.78. The minimum atomic E-state index is -0.0177. The van der Waals surface area contributed by atoms with Gasteiger partial charge in [0.2, 0.25) is 5.91 Å². The molecule has 0 spiro atoms. The smallest absolute Gasteiger partial charge is 0.230 e. The van der Waals surface area contributed by atoms with Gasteiger partial charge in [0.15, 0.2) is 0 Å². The molecule has 0 aromatic carbocycles. The third-order valence-corrected chi connectivity index (χ3v) is 2.34. The summed E-state index contributed by atoms with van der Waals surface area (Å²) in [6.45, 7) is 1.93. The number of thioether (sulfide) groups is 1. The van der Waals surface area contributed by atoms with Crippen molar-refractivity contribution >= 4 is 17.7 Å². The molecule has 0 radical (unpaired) electrons. The summed E-state index contributed by atoms with van der Waals surface area (Å²) in [6, 6.07) is 5.67. The summed E-state index contributed by atoms with van der Waals surface area (Å²) in [5.74, 6) is 0.549. The molecule has 0 aliphatic carbocycles. The first-order chi connectivity index (χ1) is 6.74. The van der Waals surface area contributed by atoms with E-state index in [-0.39, 0.29) is 11.9 Å². The largest absolute Gasteiger partial charge is 0.347 e. The van der Waals surface area contributed by atoms with Gasteiger partial charge in [0, 0.05) is 6.20 Å². The molecule has 0 bridgehead atoms. The molecule has 1 rings (SSSR count). The molecule has 0 aliphatic heterocycles. The molecule has 0 fully saturated rings. The highest BCUT2D eigenvalue weighted by molar-refractivity contribution is 7.99. The molecule has 0 saturated heterocycles. The van der Waals surface area contributed by atoms with Gasteiger partial charge in [0.05, 0.1) is 17.5 Å². The van der Waals surface area contributed by atoms with Crippen molar-refractivity contribution in [2.75, 3.05) is 12.0 Å². The van der Waals surface area contributed by atoms with Gasteiger partial charge < -0.3 is 5.32 Å². The van der Waals surface area contributed by atoms with Crippen molar-refractivity contribution in [2.45, 2.75) is 13.0 Å². The SMILES string of the molecule is CSCC(=O)NC(C)c1ccccn1. The maximum Gasteiger partial charge on any atom is 0.230 e. The van der Waals surface area contributed by atoms with Crippen LogP contribution in [0.4, 0.5) is 0 Å². The molecule has 1 amide bonds. The van der Waals surface area contributed by atoms with Gasteiger partial charge in [-0.25, -0.2) is 0 Å².